The van der Waals surface area contributed by atoms with Crippen molar-refractivity contribution in [1.82, 2.24) is 5.32 Å². The lowest BCUT2D eigenvalue weighted by molar-refractivity contribution is -0.142. The van der Waals surface area contributed by atoms with Crippen molar-refractivity contribution >= 4 is 11.9 Å². The van der Waals surface area contributed by atoms with Crippen LogP contribution >= 0.6 is 0 Å². The standard InChI is InChI=1S/C20H23NO3/c1-2-3-14-17(20(23)24)21-19(22)18(15-10-6-4-7-11-15)16-12-8-5-9-13-16/h4-13,17-18H,2-3,14H2,1H3,(H,21,22)(H,23,24). The van der Waals surface area contributed by atoms with Gasteiger partial charge in [0.2, 0.25) is 5.91 Å². The van der Waals surface area contributed by atoms with Crippen LogP contribution in [0.5, 0.6) is 0 Å². The number of carboxylic acid groups (broad SMARTS) is 1. The summed E-state index contributed by atoms with van der Waals surface area (Å²) < 4.78 is 0. The summed E-state index contributed by atoms with van der Waals surface area (Å²) in [6.07, 6.45) is 2.09. The van der Waals surface area contributed by atoms with Gasteiger partial charge in [-0.25, -0.2) is 4.79 Å². The number of hydrogen-bond acceptors (Lipinski definition) is 2. The number of nitrogens with one attached hydrogen (secondary N) is 1. The molecule has 24 heavy (non-hydrogen) atoms. The summed E-state index contributed by atoms with van der Waals surface area (Å²) in [4.78, 5) is 24.3. The molecule has 4 nitrogen and oxygen atoms in total. The maximum Gasteiger partial charge on any atom is 0.326 e. The zero-order chi connectivity index (χ0) is 17.4. The van der Waals surface area contributed by atoms with Gasteiger partial charge in [-0.05, 0) is 17.5 Å². The largest absolute Gasteiger partial charge is 0.480 e. The van der Waals surface area contributed by atoms with Crippen molar-refractivity contribution in [1.29, 1.82) is 0 Å². The normalized spacial score (nSPS) is 11.9. The first-order valence-electron chi connectivity index (χ1n) is 8.26. The zero-order valence-electron chi connectivity index (χ0n) is 13.8. The molecule has 1 atom stereocenters. The number of benzene rings is 2. The molecule has 0 saturated heterocycles. The molecular formula is C20H23NO3. The van der Waals surface area contributed by atoms with E-state index in [2.05, 4.69) is 5.32 Å². The van der Waals surface area contributed by atoms with Crippen molar-refractivity contribution in [2.45, 2.75) is 38.1 Å². The molecule has 4 heteroatoms. The van der Waals surface area contributed by atoms with Gasteiger partial charge in [0.05, 0.1) is 5.92 Å². The molecule has 0 aromatic heterocycles. The lowest BCUT2D eigenvalue weighted by atomic mass is 9.90. The summed E-state index contributed by atoms with van der Waals surface area (Å²) >= 11 is 0. The molecule has 0 heterocycles. The Morgan fingerprint density at radius 2 is 1.46 bits per heavy atom. The Bertz CT molecular complexity index is 616. The SMILES string of the molecule is CCCCC(NC(=O)C(c1ccccc1)c1ccccc1)C(=O)O. The van der Waals surface area contributed by atoms with Crippen LogP contribution in [0.25, 0.3) is 0 Å². The summed E-state index contributed by atoms with van der Waals surface area (Å²) in [5.41, 5.74) is 1.70. The number of rotatable bonds is 8. The number of unbranched alkanes of at least 4 members (excludes halogenated alkanes) is 1. The highest BCUT2D eigenvalue weighted by atomic mass is 16.4. The maximum absolute atomic E-state index is 12.8. The van der Waals surface area contributed by atoms with Crippen LogP contribution in [0.2, 0.25) is 0 Å². The minimum atomic E-state index is -0.989. The maximum atomic E-state index is 12.8. The number of amides is 1. The lowest BCUT2D eigenvalue weighted by Crippen LogP contribution is -2.43. The highest BCUT2D eigenvalue weighted by molar-refractivity contribution is 5.90. The summed E-state index contributed by atoms with van der Waals surface area (Å²) in [5.74, 6) is -1.79. The highest BCUT2D eigenvalue weighted by Gasteiger charge is 2.27. The Balaban J connectivity index is 2.26. The van der Waals surface area contributed by atoms with E-state index in [0.29, 0.717) is 6.42 Å². The Morgan fingerprint density at radius 1 is 0.958 bits per heavy atom. The number of carbonyl (C=O) groups excluding carboxylic acids is 1. The molecule has 0 saturated carbocycles. The van der Waals surface area contributed by atoms with E-state index in [1.165, 1.54) is 0 Å². The second-order valence-corrected chi connectivity index (χ2v) is 5.80. The number of aliphatic carboxylic acids is 1. The molecule has 2 N–H and O–H groups in total. The minimum Gasteiger partial charge on any atom is -0.480 e. The fourth-order valence-electron chi connectivity index (χ4n) is 2.71. The van der Waals surface area contributed by atoms with E-state index in [0.717, 1.165) is 24.0 Å². The van der Waals surface area contributed by atoms with E-state index in [4.69, 9.17) is 0 Å². The fourth-order valence-corrected chi connectivity index (χ4v) is 2.71. The van der Waals surface area contributed by atoms with Crippen molar-refractivity contribution in [3.8, 4) is 0 Å². The highest BCUT2D eigenvalue weighted by Crippen LogP contribution is 2.25. The molecule has 2 rings (SSSR count). The van der Waals surface area contributed by atoms with Crippen molar-refractivity contribution in [3.05, 3.63) is 71.8 Å². The van der Waals surface area contributed by atoms with Gasteiger partial charge in [-0.1, -0.05) is 80.4 Å². The fraction of sp³-hybridized carbons (Fsp3) is 0.300. The third-order valence-electron chi connectivity index (χ3n) is 3.99. The Hall–Kier alpha value is -2.62. The molecule has 0 aliphatic carbocycles. The molecule has 0 fully saturated rings. The quantitative estimate of drug-likeness (QED) is 0.779. The molecule has 2 aromatic rings. The first-order chi connectivity index (χ1) is 11.6. The zero-order valence-corrected chi connectivity index (χ0v) is 13.8. The summed E-state index contributed by atoms with van der Waals surface area (Å²) in [5, 5.41) is 12.1. The Labute approximate surface area is 142 Å². The van der Waals surface area contributed by atoms with Gasteiger partial charge in [0.1, 0.15) is 6.04 Å². The minimum absolute atomic E-state index is 0.282. The second-order valence-electron chi connectivity index (χ2n) is 5.80. The first kappa shape index (κ1) is 17.7. The van der Waals surface area contributed by atoms with E-state index < -0.39 is 17.9 Å². The van der Waals surface area contributed by atoms with E-state index in [1.807, 2.05) is 67.6 Å². The third-order valence-corrected chi connectivity index (χ3v) is 3.99. The smallest absolute Gasteiger partial charge is 0.326 e. The van der Waals surface area contributed by atoms with Gasteiger partial charge in [-0.2, -0.15) is 0 Å². The van der Waals surface area contributed by atoms with Crippen LogP contribution in [0.4, 0.5) is 0 Å². The Morgan fingerprint density at radius 3 is 1.88 bits per heavy atom. The van der Waals surface area contributed by atoms with Gasteiger partial charge >= 0.3 is 5.97 Å². The molecular weight excluding hydrogens is 302 g/mol. The topological polar surface area (TPSA) is 66.4 Å². The van der Waals surface area contributed by atoms with Crippen LogP contribution in [0, 0.1) is 0 Å². The molecule has 0 aliphatic heterocycles. The van der Waals surface area contributed by atoms with E-state index in [1.54, 1.807) is 0 Å². The van der Waals surface area contributed by atoms with Gasteiger partial charge in [-0.15, -0.1) is 0 Å². The monoisotopic (exact) mass is 325 g/mol. The van der Waals surface area contributed by atoms with Crippen LogP contribution in [-0.4, -0.2) is 23.0 Å². The van der Waals surface area contributed by atoms with Gasteiger partial charge in [0.15, 0.2) is 0 Å². The average Bonchev–Trinajstić information content (AvgIpc) is 2.60. The van der Waals surface area contributed by atoms with Crippen LogP contribution < -0.4 is 5.32 Å². The van der Waals surface area contributed by atoms with E-state index in [9.17, 15) is 14.7 Å². The predicted molar refractivity (Wildman–Crippen MR) is 93.8 cm³/mol. The molecule has 0 spiro atoms. The van der Waals surface area contributed by atoms with Crippen LogP contribution in [0.1, 0.15) is 43.2 Å². The molecule has 0 radical (unpaired) electrons. The van der Waals surface area contributed by atoms with Crippen LogP contribution in [0.3, 0.4) is 0 Å². The molecule has 0 bridgehead atoms. The van der Waals surface area contributed by atoms with Gasteiger partial charge < -0.3 is 10.4 Å². The van der Waals surface area contributed by atoms with Crippen molar-refractivity contribution in [2.75, 3.05) is 0 Å². The van der Waals surface area contributed by atoms with Gasteiger partial charge in [0, 0.05) is 0 Å². The van der Waals surface area contributed by atoms with Crippen LogP contribution in [0.15, 0.2) is 60.7 Å². The van der Waals surface area contributed by atoms with E-state index in [-0.39, 0.29) is 5.91 Å². The van der Waals surface area contributed by atoms with Gasteiger partial charge in [-0.3, -0.25) is 4.79 Å². The Kier molecular flexibility index (Phi) is 6.55. The molecule has 126 valence electrons. The average molecular weight is 325 g/mol. The second kappa shape index (κ2) is 8.87. The number of hydrogen-bond donors (Lipinski definition) is 2. The van der Waals surface area contributed by atoms with Crippen molar-refractivity contribution in [3.63, 3.8) is 0 Å². The third kappa shape index (κ3) is 4.69. The summed E-state index contributed by atoms with van der Waals surface area (Å²) in [6, 6.07) is 18.0. The first-order valence-corrected chi connectivity index (χ1v) is 8.26. The number of carboxylic acids is 1. The lowest BCUT2D eigenvalue weighted by Gasteiger charge is -2.21. The molecule has 1 amide bonds. The van der Waals surface area contributed by atoms with Crippen molar-refractivity contribution in [2.24, 2.45) is 0 Å². The van der Waals surface area contributed by atoms with Crippen LogP contribution in [-0.2, 0) is 9.59 Å². The summed E-state index contributed by atoms with van der Waals surface area (Å²) in [7, 11) is 0. The van der Waals surface area contributed by atoms with Crippen molar-refractivity contribution < 1.29 is 14.7 Å². The molecule has 0 aliphatic rings. The molecule has 1 unspecified atom stereocenters. The predicted octanol–water partition coefficient (Wildman–Crippen LogP) is 3.58. The van der Waals surface area contributed by atoms with Gasteiger partial charge in [0.25, 0.3) is 0 Å². The molecule has 2 aromatic carbocycles. The summed E-state index contributed by atoms with van der Waals surface area (Å²) in [6.45, 7) is 2.00. The van der Waals surface area contributed by atoms with E-state index >= 15 is 0 Å². The number of carbonyl (C=O) groups is 2.